The van der Waals surface area contributed by atoms with Gasteiger partial charge in [0.05, 0.1) is 24.3 Å². The number of morpholine rings is 1. The van der Waals surface area contributed by atoms with Gasteiger partial charge in [-0.3, -0.25) is 4.98 Å². The Kier molecular flexibility index (Phi) is 3.74. The van der Waals surface area contributed by atoms with Gasteiger partial charge in [0, 0.05) is 36.9 Å². The lowest BCUT2D eigenvalue weighted by atomic mass is 10.1. The molecule has 0 aliphatic carbocycles. The van der Waals surface area contributed by atoms with E-state index in [9.17, 15) is 0 Å². The first-order valence-electron chi connectivity index (χ1n) is 7.08. The number of aromatic nitrogens is 1. The Bertz CT molecular complexity index is 694. The molecule has 21 heavy (non-hydrogen) atoms. The Morgan fingerprint density at radius 2 is 2.29 bits per heavy atom. The summed E-state index contributed by atoms with van der Waals surface area (Å²) in [5.41, 5.74) is 8.20. The number of anilines is 1. The van der Waals surface area contributed by atoms with Crippen LogP contribution in [0.2, 0.25) is 0 Å². The fourth-order valence-corrected chi connectivity index (χ4v) is 2.88. The lowest BCUT2D eigenvalue weighted by Gasteiger charge is -2.38. The van der Waals surface area contributed by atoms with Gasteiger partial charge in [-0.15, -0.1) is 0 Å². The smallest absolute Gasteiger partial charge is 0.213 e. The highest BCUT2D eigenvalue weighted by atomic mass is 16.5. The number of hydrogen-bond acceptors (Lipinski definition) is 4. The molecule has 0 spiro atoms. The molecule has 1 aliphatic rings. The Hall–Kier alpha value is -2.16. The topological polar surface area (TPSA) is 55.7 Å². The standard InChI is InChI=1S/C16H18N4O/c1-11-9-20(10-12(8-17)21-11)15-6-5-14(18-2)16-13(15)4-3-7-19-16/h3-7,11-12H,8-10,17H2,1H3/t11-,12+/m1/s1. The van der Waals surface area contributed by atoms with E-state index in [1.165, 1.54) is 0 Å². The predicted molar refractivity (Wildman–Crippen MR) is 83.6 cm³/mol. The summed E-state index contributed by atoms with van der Waals surface area (Å²) in [5, 5.41) is 1.01. The molecule has 0 amide bonds. The second-order valence-electron chi connectivity index (χ2n) is 5.32. The third kappa shape index (κ3) is 2.56. The van der Waals surface area contributed by atoms with E-state index < -0.39 is 0 Å². The van der Waals surface area contributed by atoms with Crippen LogP contribution in [0.4, 0.5) is 11.4 Å². The molecule has 108 valence electrons. The van der Waals surface area contributed by atoms with Gasteiger partial charge in [-0.05, 0) is 19.1 Å². The highest BCUT2D eigenvalue weighted by Crippen LogP contribution is 2.33. The lowest BCUT2D eigenvalue weighted by molar-refractivity contribution is -0.0103. The van der Waals surface area contributed by atoms with Crippen LogP contribution in [0.1, 0.15) is 6.92 Å². The van der Waals surface area contributed by atoms with Gasteiger partial charge >= 0.3 is 0 Å². The van der Waals surface area contributed by atoms with Gasteiger partial charge in [0.25, 0.3) is 0 Å². The van der Waals surface area contributed by atoms with Gasteiger partial charge in [0.2, 0.25) is 5.69 Å². The van der Waals surface area contributed by atoms with Crippen LogP contribution < -0.4 is 10.6 Å². The SMILES string of the molecule is [C-]#[N+]c1ccc(N2C[C@H](CN)O[C@H](C)C2)c2cccnc12. The largest absolute Gasteiger partial charge is 0.370 e. The molecular formula is C16H18N4O. The highest BCUT2D eigenvalue weighted by molar-refractivity contribution is 5.99. The van der Waals surface area contributed by atoms with E-state index in [1.54, 1.807) is 6.20 Å². The Morgan fingerprint density at radius 1 is 1.43 bits per heavy atom. The van der Waals surface area contributed by atoms with Crippen molar-refractivity contribution in [3.63, 3.8) is 0 Å². The molecule has 0 bridgehead atoms. The van der Waals surface area contributed by atoms with E-state index in [1.807, 2.05) is 24.3 Å². The number of rotatable bonds is 2. The molecule has 1 fully saturated rings. The molecule has 2 atom stereocenters. The van der Waals surface area contributed by atoms with Gasteiger partial charge in [0.1, 0.15) is 0 Å². The number of hydrogen-bond donors (Lipinski definition) is 1. The van der Waals surface area contributed by atoms with Crippen molar-refractivity contribution in [2.24, 2.45) is 5.73 Å². The van der Waals surface area contributed by atoms with Crippen molar-refractivity contribution in [2.75, 3.05) is 24.5 Å². The first kappa shape index (κ1) is 13.8. The van der Waals surface area contributed by atoms with Crippen molar-refractivity contribution in [1.82, 2.24) is 4.98 Å². The maximum Gasteiger partial charge on any atom is 0.213 e. The van der Waals surface area contributed by atoms with Crippen molar-refractivity contribution in [3.8, 4) is 0 Å². The van der Waals surface area contributed by atoms with Gasteiger partial charge in [-0.2, -0.15) is 0 Å². The van der Waals surface area contributed by atoms with Crippen LogP contribution in [0.15, 0.2) is 30.5 Å². The fourth-order valence-electron chi connectivity index (χ4n) is 2.88. The number of nitrogens with two attached hydrogens (primary N) is 1. The molecule has 1 aliphatic heterocycles. The molecule has 1 saturated heterocycles. The molecule has 2 N–H and O–H groups in total. The highest BCUT2D eigenvalue weighted by Gasteiger charge is 2.25. The summed E-state index contributed by atoms with van der Waals surface area (Å²) in [6.07, 6.45) is 1.91. The third-order valence-corrected chi connectivity index (χ3v) is 3.78. The van der Waals surface area contributed by atoms with Crippen LogP contribution >= 0.6 is 0 Å². The van der Waals surface area contributed by atoms with Gasteiger partial charge < -0.3 is 15.4 Å². The molecule has 1 aromatic heterocycles. The minimum atomic E-state index is 0.0426. The molecular weight excluding hydrogens is 264 g/mol. The molecule has 5 nitrogen and oxygen atoms in total. The lowest BCUT2D eigenvalue weighted by Crippen LogP contribution is -2.49. The van der Waals surface area contributed by atoms with Crippen molar-refractivity contribution in [2.45, 2.75) is 19.1 Å². The molecule has 2 aromatic rings. The normalized spacial score (nSPS) is 22.2. The fraction of sp³-hybridized carbons (Fsp3) is 0.375. The van der Waals surface area contributed by atoms with Crippen LogP contribution in [-0.4, -0.2) is 36.8 Å². The molecule has 5 heteroatoms. The van der Waals surface area contributed by atoms with E-state index in [-0.39, 0.29) is 12.2 Å². The van der Waals surface area contributed by atoms with E-state index in [2.05, 4.69) is 21.7 Å². The zero-order chi connectivity index (χ0) is 14.8. The van der Waals surface area contributed by atoms with Crippen LogP contribution in [0, 0.1) is 6.57 Å². The van der Waals surface area contributed by atoms with Gasteiger partial charge in [0.15, 0.2) is 0 Å². The van der Waals surface area contributed by atoms with Gasteiger partial charge in [-0.1, -0.05) is 12.1 Å². The summed E-state index contributed by atoms with van der Waals surface area (Å²) in [4.78, 5) is 10.2. The average molecular weight is 282 g/mol. The summed E-state index contributed by atoms with van der Waals surface area (Å²) < 4.78 is 5.81. The zero-order valence-corrected chi connectivity index (χ0v) is 12.0. The van der Waals surface area contributed by atoms with E-state index in [0.29, 0.717) is 12.2 Å². The number of nitrogens with zero attached hydrogens (tertiary/aromatic N) is 3. The summed E-state index contributed by atoms with van der Waals surface area (Å²) in [6.45, 7) is 11.4. The van der Waals surface area contributed by atoms with E-state index >= 15 is 0 Å². The molecule has 3 rings (SSSR count). The third-order valence-electron chi connectivity index (χ3n) is 3.78. The molecule has 0 unspecified atom stereocenters. The molecule has 2 heterocycles. The minimum Gasteiger partial charge on any atom is -0.370 e. The number of ether oxygens (including phenoxy) is 1. The van der Waals surface area contributed by atoms with Gasteiger partial charge in [-0.25, -0.2) is 4.85 Å². The van der Waals surface area contributed by atoms with Crippen molar-refractivity contribution in [1.29, 1.82) is 0 Å². The predicted octanol–water partition coefficient (Wildman–Crippen LogP) is 2.34. The first-order chi connectivity index (χ1) is 10.2. The summed E-state index contributed by atoms with van der Waals surface area (Å²) in [7, 11) is 0. The van der Waals surface area contributed by atoms with Crippen molar-refractivity contribution < 1.29 is 4.74 Å². The Balaban J connectivity index is 2.07. The van der Waals surface area contributed by atoms with E-state index in [0.717, 1.165) is 29.7 Å². The average Bonchev–Trinajstić information content (AvgIpc) is 2.53. The van der Waals surface area contributed by atoms with Crippen LogP contribution in [0.25, 0.3) is 15.7 Å². The molecule has 0 radical (unpaired) electrons. The Labute approximate surface area is 124 Å². The monoisotopic (exact) mass is 282 g/mol. The minimum absolute atomic E-state index is 0.0426. The van der Waals surface area contributed by atoms with Crippen molar-refractivity contribution in [3.05, 3.63) is 41.9 Å². The second kappa shape index (κ2) is 5.68. The maximum absolute atomic E-state index is 7.27. The molecule has 1 aromatic carbocycles. The van der Waals surface area contributed by atoms with E-state index in [4.69, 9.17) is 17.0 Å². The van der Waals surface area contributed by atoms with Crippen LogP contribution in [0.5, 0.6) is 0 Å². The number of pyridine rings is 1. The molecule has 0 saturated carbocycles. The summed E-state index contributed by atoms with van der Waals surface area (Å²) in [6, 6.07) is 7.77. The van der Waals surface area contributed by atoms with Crippen LogP contribution in [-0.2, 0) is 4.74 Å². The quantitative estimate of drug-likeness (QED) is 0.859. The number of benzene rings is 1. The summed E-state index contributed by atoms with van der Waals surface area (Å²) >= 11 is 0. The van der Waals surface area contributed by atoms with Crippen molar-refractivity contribution >= 4 is 22.3 Å². The first-order valence-corrected chi connectivity index (χ1v) is 7.08. The Morgan fingerprint density at radius 3 is 3.05 bits per heavy atom. The second-order valence-corrected chi connectivity index (χ2v) is 5.32. The zero-order valence-electron chi connectivity index (χ0n) is 12.0. The summed E-state index contributed by atoms with van der Waals surface area (Å²) in [5.74, 6) is 0. The van der Waals surface area contributed by atoms with Crippen LogP contribution in [0.3, 0.4) is 0 Å². The maximum atomic E-state index is 7.27. The number of fused-ring (bicyclic) bond motifs is 1.